The summed E-state index contributed by atoms with van der Waals surface area (Å²) in [7, 11) is 0. The van der Waals surface area contributed by atoms with E-state index in [1.807, 2.05) is 34.9 Å². The molecule has 34 heavy (non-hydrogen) atoms. The Hall–Kier alpha value is -3.00. The van der Waals surface area contributed by atoms with Gasteiger partial charge in [-0.1, -0.05) is 29.3 Å². The van der Waals surface area contributed by atoms with E-state index in [0.717, 1.165) is 5.56 Å². The second-order valence-corrected chi connectivity index (χ2v) is 9.66. The second-order valence-electron chi connectivity index (χ2n) is 8.84. The van der Waals surface area contributed by atoms with E-state index in [1.165, 1.54) is 6.20 Å². The van der Waals surface area contributed by atoms with Crippen LogP contribution in [0.1, 0.15) is 36.8 Å². The van der Waals surface area contributed by atoms with Crippen LogP contribution in [0.4, 0.5) is 4.79 Å². The molecule has 0 saturated carbocycles. The molecule has 3 atom stereocenters. The van der Waals surface area contributed by atoms with Crippen LogP contribution in [0, 0.1) is 34.5 Å². The maximum atomic E-state index is 13.3. The van der Waals surface area contributed by atoms with Crippen LogP contribution in [-0.4, -0.2) is 53.1 Å². The molecule has 1 aromatic carbocycles. The molecule has 2 fully saturated rings. The number of aromatic nitrogens is 1. The number of amides is 2. The van der Waals surface area contributed by atoms with E-state index in [9.17, 15) is 4.79 Å². The number of carbonyl (C=O) groups is 1. The lowest BCUT2D eigenvalue weighted by Crippen LogP contribution is -2.46. The van der Waals surface area contributed by atoms with Crippen LogP contribution in [0.25, 0.3) is 0 Å². The van der Waals surface area contributed by atoms with Crippen LogP contribution in [-0.2, 0) is 0 Å². The van der Waals surface area contributed by atoms with Gasteiger partial charge in [-0.05, 0) is 43.5 Å². The number of urea groups is 1. The van der Waals surface area contributed by atoms with Gasteiger partial charge in [0, 0.05) is 56.2 Å². The Balaban J connectivity index is 1.54. The largest absolute Gasteiger partial charge is 0.474 e. The molecule has 9 heteroatoms. The van der Waals surface area contributed by atoms with Crippen LogP contribution in [0.15, 0.2) is 36.5 Å². The summed E-state index contributed by atoms with van der Waals surface area (Å²) >= 11 is 12.5. The molecule has 1 aromatic heterocycles. The van der Waals surface area contributed by atoms with Gasteiger partial charge in [-0.25, -0.2) is 9.78 Å². The monoisotopic (exact) mass is 497 g/mol. The lowest BCUT2D eigenvalue weighted by molar-refractivity contribution is 0.128. The first-order chi connectivity index (χ1) is 16.4. The van der Waals surface area contributed by atoms with Gasteiger partial charge >= 0.3 is 6.03 Å². The third-order valence-electron chi connectivity index (χ3n) is 6.73. The van der Waals surface area contributed by atoms with Crippen molar-refractivity contribution >= 4 is 29.2 Å². The maximum absolute atomic E-state index is 13.3. The Morgan fingerprint density at radius 2 is 1.88 bits per heavy atom. The number of rotatable bonds is 4. The van der Waals surface area contributed by atoms with E-state index < -0.39 is 0 Å². The molecule has 2 aliphatic rings. The minimum atomic E-state index is -0.248. The van der Waals surface area contributed by atoms with E-state index in [-0.39, 0.29) is 29.9 Å². The van der Waals surface area contributed by atoms with E-state index in [1.54, 1.807) is 18.2 Å². The minimum Gasteiger partial charge on any atom is -0.474 e. The molecule has 2 amide bonds. The molecule has 7 nitrogen and oxygen atoms in total. The molecule has 2 aromatic rings. The van der Waals surface area contributed by atoms with Gasteiger partial charge in [-0.2, -0.15) is 10.5 Å². The number of nitrogens with zero attached hydrogens (tertiary/aromatic N) is 5. The lowest BCUT2D eigenvalue weighted by Gasteiger charge is -2.32. The fraction of sp³-hybridized carbons (Fsp3) is 0.440. The number of hydrogen-bond donors (Lipinski definition) is 0. The van der Waals surface area contributed by atoms with Crippen molar-refractivity contribution in [3.05, 3.63) is 57.7 Å². The summed E-state index contributed by atoms with van der Waals surface area (Å²) in [6.45, 7) is 4.22. The van der Waals surface area contributed by atoms with Gasteiger partial charge in [0.2, 0.25) is 5.88 Å². The van der Waals surface area contributed by atoms with Gasteiger partial charge in [0.25, 0.3) is 0 Å². The first-order valence-corrected chi connectivity index (χ1v) is 12.1. The van der Waals surface area contributed by atoms with E-state index >= 15 is 0 Å². The van der Waals surface area contributed by atoms with Crippen molar-refractivity contribution in [1.82, 2.24) is 14.8 Å². The minimum absolute atomic E-state index is 0.00347. The molecule has 2 aliphatic heterocycles. The van der Waals surface area contributed by atoms with Crippen LogP contribution in [0.2, 0.25) is 10.0 Å². The molecule has 0 aliphatic carbocycles. The topological polar surface area (TPSA) is 93.2 Å². The summed E-state index contributed by atoms with van der Waals surface area (Å²) in [4.78, 5) is 21.3. The smallest absolute Gasteiger partial charge is 0.320 e. The van der Waals surface area contributed by atoms with Crippen molar-refractivity contribution in [1.29, 1.82) is 10.5 Å². The first kappa shape index (κ1) is 24.1. The molecule has 0 spiro atoms. The number of ether oxygens (including phenoxy) is 1. The van der Waals surface area contributed by atoms with Gasteiger partial charge in [0.05, 0.1) is 21.7 Å². The van der Waals surface area contributed by atoms with E-state index in [0.29, 0.717) is 60.5 Å². The normalized spacial score (nSPS) is 21.6. The standard InChI is InChI=1S/C25H25Cl2N5O2/c1-16(34-24-5-2-18(12-29)13-30-24)20-14-32(25(33)31-8-6-17(11-28)7-9-31)15-21(20)19-3-4-22(26)23(27)10-19/h2-5,10,13,16-17,20-21H,6-9,14-15H2,1H3/t16-,20+,21+/m0/s1. The molecule has 0 N–H and O–H groups in total. The Bertz CT molecular complexity index is 1120. The van der Waals surface area contributed by atoms with Crippen molar-refractivity contribution < 1.29 is 9.53 Å². The van der Waals surface area contributed by atoms with E-state index in [2.05, 4.69) is 11.1 Å². The average molecular weight is 498 g/mol. The number of hydrogen-bond acceptors (Lipinski definition) is 5. The fourth-order valence-electron chi connectivity index (χ4n) is 4.75. The zero-order valence-corrected chi connectivity index (χ0v) is 20.3. The number of piperidine rings is 1. The van der Waals surface area contributed by atoms with Crippen molar-refractivity contribution in [2.45, 2.75) is 31.8 Å². The predicted octanol–water partition coefficient (Wildman–Crippen LogP) is 5.10. The molecule has 0 unspecified atom stereocenters. The summed E-state index contributed by atoms with van der Waals surface area (Å²) in [5.41, 5.74) is 1.47. The Morgan fingerprint density at radius 1 is 1.12 bits per heavy atom. The van der Waals surface area contributed by atoms with Crippen molar-refractivity contribution in [2.24, 2.45) is 11.8 Å². The fourth-order valence-corrected chi connectivity index (χ4v) is 5.06. The summed E-state index contributed by atoms with van der Waals surface area (Å²) in [5.74, 6) is 0.453. The van der Waals surface area contributed by atoms with Crippen LogP contribution >= 0.6 is 23.2 Å². The van der Waals surface area contributed by atoms with Crippen LogP contribution in [0.5, 0.6) is 5.88 Å². The third kappa shape index (κ3) is 5.22. The number of benzene rings is 1. The second kappa shape index (κ2) is 10.5. The van der Waals surface area contributed by atoms with Gasteiger partial charge in [-0.15, -0.1) is 0 Å². The van der Waals surface area contributed by atoms with Gasteiger partial charge < -0.3 is 14.5 Å². The highest BCUT2D eigenvalue weighted by atomic mass is 35.5. The summed E-state index contributed by atoms with van der Waals surface area (Å²) in [6.07, 6.45) is 2.65. The molecule has 3 heterocycles. The molecule has 0 bridgehead atoms. The molecule has 4 rings (SSSR count). The number of nitriles is 2. The number of pyridine rings is 1. The lowest BCUT2D eigenvalue weighted by atomic mass is 9.86. The molecular weight excluding hydrogens is 473 g/mol. The molecule has 2 saturated heterocycles. The predicted molar refractivity (Wildman–Crippen MR) is 129 cm³/mol. The summed E-state index contributed by atoms with van der Waals surface area (Å²) in [5, 5.41) is 19.1. The Labute approximate surface area is 209 Å². The highest BCUT2D eigenvalue weighted by Crippen LogP contribution is 2.39. The first-order valence-electron chi connectivity index (χ1n) is 11.3. The molecule has 0 radical (unpaired) electrons. The highest BCUT2D eigenvalue weighted by molar-refractivity contribution is 6.42. The third-order valence-corrected chi connectivity index (χ3v) is 7.47. The maximum Gasteiger partial charge on any atom is 0.320 e. The SMILES string of the molecule is C[C@H](Oc1ccc(C#N)cn1)[C@H]1CN(C(=O)N2CCC(C#N)CC2)C[C@@H]1c1ccc(Cl)c(Cl)c1. The Morgan fingerprint density at radius 3 is 2.50 bits per heavy atom. The highest BCUT2D eigenvalue weighted by Gasteiger charge is 2.42. The molecule has 176 valence electrons. The number of carbonyl (C=O) groups excluding carboxylic acids is 1. The van der Waals surface area contributed by atoms with Gasteiger partial charge in [-0.3, -0.25) is 0 Å². The zero-order chi connectivity index (χ0) is 24.2. The quantitative estimate of drug-likeness (QED) is 0.585. The zero-order valence-electron chi connectivity index (χ0n) is 18.8. The van der Waals surface area contributed by atoms with Crippen molar-refractivity contribution in [3.63, 3.8) is 0 Å². The van der Waals surface area contributed by atoms with Crippen LogP contribution < -0.4 is 4.74 Å². The number of likely N-dealkylation sites (tertiary alicyclic amines) is 2. The summed E-state index contributed by atoms with van der Waals surface area (Å²) < 4.78 is 6.14. The Kier molecular flexibility index (Phi) is 7.46. The average Bonchev–Trinajstić information content (AvgIpc) is 3.31. The van der Waals surface area contributed by atoms with Crippen molar-refractivity contribution in [2.75, 3.05) is 26.2 Å². The van der Waals surface area contributed by atoms with Crippen LogP contribution in [0.3, 0.4) is 0 Å². The number of halogens is 2. The van der Waals surface area contributed by atoms with Crippen molar-refractivity contribution in [3.8, 4) is 18.0 Å². The van der Waals surface area contributed by atoms with E-state index in [4.69, 9.17) is 38.5 Å². The van der Waals surface area contributed by atoms with Gasteiger partial charge in [0.1, 0.15) is 12.2 Å². The molecular formula is C25H25Cl2N5O2. The van der Waals surface area contributed by atoms with Gasteiger partial charge in [0.15, 0.2) is 0 Å². The summed E-state index contributed by atoms with van der Waals surface area (Å²) in [6, 6.07) is 13.3.